The van der Waals surface area contributed by atoms with Gasteiger partial charge in [0.2, 0.25) is 0 Å². The lowest BCUT2D eigenvalue weighted by Gasteiger charge is -2.05. The lowest BCUT2D eigenvalue weighted by molar-refractivity contribution is 0.0528. The van der Waals surface area contributed by atoms with E-state index < -0.39 is 5.97 Å². The predicted molar refractivity (Wildman–Crippen MR) is 52.9 cm³/mol. The maximum absolute atomic E-state index is 11.5. The summed E-state index contributed by atoms with van der Waals surface area (Å²) >= 11 is 0. The molecule has 1 aromatic carbocycles. The van der Waals surface area contributed by atoms with Gasteiger partial charge in [-0.15, -0.1) is 15.5 Å². The molecular formula is C9H8N4O3. The van der Waals surface area contributed by atoms with Crippen LogP contribution in [0.15, 0.2) is 36.7 Å². The highest BCUT2D eigenvalue weighted by molar-refractivity contribution is 5.92. The Hall–Kier alpha value is -2.57. The maximum atomic E-state index is 11.5. The topological polar surface area (TPSA) is 89.3 Å². The molecule has 0 aliphatic rings. The van der Waals surface area contributed by atoms with Crippen molar-refractivity contribution in [3.63, 3.8) is 0 Å². The van der Waals surface area contributed by atoms with Crippen molar-refractivity contribution in [2.24, 2.45) is 0 Å². The molecule has 2 aromatic rings. The molecule has 0 spiro atoms. The maximum Gasteiger partial charge on any atom is 0.368 e. The molecule has 0 fully saturated rings. The van der Waals surface area contributed by atoms with Crippen LogP contribution in [0.5, 0.6) is 5.75 Å². The summed E-state index contributed by atoms with van der Waals surface area (Å²) in [5.74, 6) is -0.860. The van der Waals surface area contributed by atoms with Crippen molar-refractivity contribution in [2.75, 3.05) is 5.59 Å². The molecule has 0 aliphatic heterocycles. The number of carbonyl (C=O) groups is 1. The van der Waals surface area contributed by atoms with E-state index in [2.05, 4.69) is 20.7 Å². The van der Waals surface area contributed by atoms with E-state index in [9.17, 15) is 9.90 Å². The minimum Gasteiger partial charge on any atom is -0.507 e. The molecule has 1 aromatic heterocycles. The molecule has 7 nitrogen and oxygen atoms in total. The standard InChI is InChI=1S/C9H8N4O3/c14-8-4-2-1-3-7(8)9(15)16-12-13-6-5-10-11-13/h1-6,12,14H. The van der Waals surface area contributed by atoms with Gasteiger partial charge in [0, 0.05) is 0 Å². The first-order valence-corrected chi connectivity index (χ1v) is 4.39. The summed E-state index contributed by atoms with van der Waals surface area (Å²) in [6.45, 7) is 0. The average molecular weight is 220 g/mol. The molecule has 0 aliphatic carbocycles. The number of hydrogen-bond donors (Lipinski definition) is 2. The largest absolute Gasteiger partial charge is 0.507 e. The smallest absolute Gasteiger partial charge is 0.368 e. The molecule has 0 saturated heterocycles. The Balaban J connectivity index is 2.01. The zero-order chi connectivity index (χ0) is 11.4. The molecule has 2 rings (SSSR count). The number of benzene rings is 1. The quantitative estimate of drug-likeness (QED) is 0.723. The Bertz CT molecular complexity index is 483. The zero-order valence-electron chi connectivity index (χ0n) is 8.07. The van der Waals surface area contributed by atoms with E-state index in [0.29, 0.717) is 0 Å². The predicted octanol–water partition coefficient (Wildman–Crippen LogP) is 0.299. The number of aromatic nitrogens is 3. The molecule has 0 bridgehead atoms. The third-order valence-corrected chi connectivity index (χ3v) is 1.78. The second-order valence-corrected chi connectivity index (χ2v) is 2.85. The number of nitrogens with one attached hydrogen (secondary N) is 1. The van der Waals surface area contributed by atoms with Crippen molar-refractivity contribution in [3.8, 4) is 5.75 Å². The summed E-state index contributed by atoms with van der Waals surface area (Å²) in [6, 6.07) is 6.06. The summed E-state index contributed by atoms with van der Waals surface area (Å²) < 4.78 is 0. The number of nitrogens with zero attached hydrogens (tertiary/aromatic N) is 3. The first-order chi connectivity index (χ1) is 7.77. The highest BCUT2D eigenvalue weighted by atomic mass is 16.7. The molecule has 1 heterocycles. The monoisotopic (exact) mass is 220 g/mol. The minimum atomic E-state index is -0.714. The third kappa shape index (κ3) is 2.08. The molecule has 0 amide bonds. The Kier molecular flexibility index (Phi) is 2.68. The molecule has 0 saturated carbocycles. The lowest BCUT2D eigenvalue weighted by Crippen LogP contribution is -2.20. The van der Waals surface area contributed by atoms with E-state index in [0.717, 1.165) is 4.79 Å². The van der Waals surface area contributed by atoms with E-state index in [1.165, 1.54) is 24.5 Å². The van der Waals surface area contributed by atoms with Gasteiger partial charge < -0.3 is 9.94 Å². The number of phenolic OH excluding ortho intramolecular Hbond substituents is 1. The van der Waals surface area contributed by atoms with Gasteiger partial charge in [-0.3, -0.25) is 0 Å². The normalized spacial score (nSPS) is 9.75. The fourth-order valence-corrected chi connectivity index (χ4v) is 1.05. The highest BCUT2D eigenvalue weighted by Gasteiger charge is 2.11. The van der Waals surface area contributed by atoms with E-state index >= 15 is 0 Å². The Morgan fingerprint density at radius 1 is 1.44 bits per heavy atom. The number of aromatic hydroxyl groups is 1. The fraction of sp³-hybridized carbons (Fsp3) is 0. The second kappa shape index (κ2) is 4.30. The Morgan fingerprint density at radius 3 is 2.94 bits per heavy atom. The second-order valence-electron chi connectivity index (χ2n) is 2.85. The van der Waals surface area contributed by atoms with Crippen LogP contribution in [0.1, 0.15) is 10.4 Å². The zero-order valence-corrected chi connectivity index (χ0v) is 8.07. The van der Waals surface area contributed by atoms with Gasteiger partial charge in [0.15, 0.2) is 0 Å². The van der Waals surface area contributed by atoms with Gasteiger partial charge >= 0.3 is 5.97 Å². The number of phenols is 1. The SMILES string of the molecule is O=C(ONn1ccnn1)c1ccccc1O. The molecule has 16 heavy (non-hydrogen) atoms. The van der Waals surface area contributed by atoms with E-state index in [4.69, 9.17) is 0 Å². The van der Waals surface area contributed by atoms with Gasteiger partial charge in [0.05, 0.1) is 12.4 Å². The van der Waals surface area contributed by atoms with E-state index in [-0.39, 0.29) is 11.3 Å². The fourth-order valence-electron chi connectivity index (χ4n) is 1.05. The molecular weight excluding hydrogens is 212 g/mol. The van der Waals surface area contributed by atoms with Crippen molar-refractivity contribution in [3.05, 3.63) is 42.2 Å². The van der Waals surface area contributed by atoms with Crippen molar-refractivity contribution in [2.45, 2.75) is 0 Å². The molecule has 0 unspecified atom stereocenters. The van der Waals surface area contributed by atoms with Crippen molar-refractivity contribution in [1.29, 1.82) is 0 Å². The molecule has 0 radical (unpaired) electrons. The van der Waals surface area contributed by atoms with E-state index in [1.54, 1.807) is 12.1 Å². The van der Waals surface area contributed by atoms with Gasteiger partial charge in [-0.1, -0.05) is 12.1 Å². The number of carbonyl (C=O) groups excluding carboxylic acids is 1. The molecule has 82 valence electrons. The Labute approximate surface area is 90.2 Å². The minimum absolute atomic E-state index is 0.0649. The van der Waals surface area contributed by atoms with Crippen LogP contribution in [0.4, 0.5) is 0 Å². The van der Waals surface area contributed by atoms with Crippen LogP contribution in [-0.2, 0) is 4.84 Å². The van der Waals surface area contributed by atoms with Gasteiger partial charge in [-0.25, -0.2) is 4.79 Å². The van der Waals surface area contributed by atoms with Gasteiger partial charge in [-0.2, -0.15) is 0 Å². The summed E-state index contributed by atoms with van der Waals surface area (Å²) in [6.07, 6.45) is 2.87. The highest BCUT2D eigenvalue weighted by Crippen LogP contribution is 2.15. The molecule has 2 N–H and O–H groups in total. The van der Waals surface area contributed by atoms with E-state index in [1.807, 2.05) is 0 Å². The van der Waals surface area contributed by atoms with Crippen LogP contribution in [0.3, 0.4) is 0 Å². The van der Waals surface area contributed by atoms with Crippen molar-refractivity contribution < 1.29 is 14.7 Å². The first-order valence-electron chi connectivity index (χ1n) is 4.39. The van der Waals surface area contributed by atoms with Gasteiger partial charge in [-0.05, 0) is 17.3 Å². The summed E-state index contributed by atoms with van der Waals surface area (Å²) in [5.41, 5.74) is 2.30. The van der Waals surface area contributed by atoms with Crippen molar-refractivity contribution in [1.82, 2.24) is 15.1 Å². The van der Waals surface area contributed by atoms with Gasteiger partial charge in [0.25, 0.3) is 0 Å². The molecule has 7 heteroatoms. The third-order valence-electron chi connectivity index (χ3n) is 1.78. The average Bonchev–Trinajstić information content (AvgIpc) is 2.79. The van der Waals surface area contributed by atoms with Crippen LogP contribution in [0.2, 0.25) is 0 Å². The van der Waals surface area contributed by atoms with Crippen LogP contribution >= 0.6 is 0 Å². The van der Waals surface area contributed by atoms with Crippen LogP contribution in [0, 0.1) is 0 Å². The molecule has 0 atom stereocenters. The number of hydrogen-bond acceptors (Lipinski definition) is 6. The summed E-state index contributed by atoms with van der Waals surface area (Å²) in [5, 5.41) is 16.4. The van der Waals surface area contributed by atoms with Crippen LogP contribution < -0.4 is 5.59 Å². The number of para-hydroxylation sites is 1. The lowest BCUT2D eigenvalue weighted by atomic mass is 10.2. The summed E-state index contributed by atoms with van der Waals surface area (Å²) in [4.78, 5) is 17.2. The Morgan fingerprint density at radius 2 is 2.25 bits per heavy atom. The van der Waals surface area contributed by atoms with Crippen LogP contribution in [0.25, 0.3) is 0 Å². The first kappa shape index (κ1) is 9.97. The summed E-state index contributed by atoms with van der Waals surface area (Å²) in [7, 11) is 0. The number of rotatable bonds is 3. The van der Waals surface area contributed by atoms with Crippen molar-refractivity contribution >= 4 is 5.97 Å². The van der Waals surface area contributed by atoms with Gasteiger partial charge in [0.1, 0.15) is 11.3 Å². The van der Waals surface area contributed by atoms with Crippen LogP contribution in [-0.4, -0.2) is 26.2 Å².